The first kappa shape index (κ1) is 12.2. The van der Waals surface area contributed by atoms with Gasteiger partial charge in [-0.2, -0.15) is 0 Å². The van der Waals surface area contributed by atoms with Crippen LogP contribution in [0.4, 0.5) is 0 Å². The molecule has 1 saturated heterocycles. The van der Waals surface area contributed by atoms with Gasteiger partial charge in [-0.1, -0.05) is 24.3 Å². The average molecular weight is 257 g/mol. The molecule has 0 bridgehead atoms. The lowest BCUT2D eigenvalue weighted by molar-refractivity contribution is 0.0884. The van der Waals surface area contributed by atoms with Crippen LogP contribution in [0.2, 0.25) is 0 Å². The minimum atomic E-state index is -0.737. The number of ketones is 2. The molecular formula is C15H15NO3. The van der Waals surface area contributed by atoms with E-state index in [1.807, 2.05) is 0 Å². The van der Waals surface area contributed by atoms with E-state index >= 15 is 0 Å². The highest BCUT2D eigenvalue weighted by atomic mass is 16.5. The lowest BCUT2D eigenvalue weighted by atomic mass is 10.1. The largest absolute Gasteiger partial charge is 0.376 e. The van der Waals surface area contributed by atoms with Gasteiger partial charge in [0.05, 0.1) is 12.6 Å². The average Bonchev–Trinajstić information content (AvgIpc) is 3.02. The number of carbonyl (C=O) groups is 2. The molecule has 1 fully saturated rings. The Morgan fingerprint density at radius 2 is 1.89 bits per heavy atom. The molecule has 0 N–H and O–H groups in total. The summed E-state index contributed by atoms with van der Waals surface area (Å²) in [5.41, 5.74) is 1.03. The van der Waals surface area contributed by atoms with Crippen molar-refractivity contribution in [2.45, 2.75) is 18.9 Å². The Bertz CT molecular complexity index is 509. The molecule has 0 saturated carbocycles. The van der Waals surface area contributed by atoms with Gasteiger partial charge < -0.3 is 4.74 Å². The number of nitrogens with zero attached hydrogens (tertiary/aromatic N) is 1. The third kappa shape index (κ3) is 2.24. The first-order valence-corrected chi connectivity index (χ1v) is 6.56. The fourth-order valence-corrected chi connectivity index (χ4v) is 2.57. The van der Waals surface area contributed by atoms with Crippen molar-refractivity contribution < 1.29 is 14.3 Å². The molecule has 0 aromatic heterocycles. The van der Waals surface area contributed by atoms with Crippen LogP contribution in [0.3, 0.4) is 0 Å². The van der Waals surface area contributed by atoms with Crippen molar-refractivity contribution >= 4 is 17.8 Å². The predicted octanol–water partition coefficient (Wildman–Crippen LogP) is 1.93. The van der Waals surface area contributed by atoms with E-state index in [2.05, 4.69) is 4.99 Å². The lowest BCUT2D eigenvalue weighted by Crippen LogP contribution is -2.18. The Kier molecular flexibility index (Phi) is 3.25. The SMILES string of the molecule is O=C1c2ccccc2C(=O)C1C=NCC1CCCO1. The second-order valence-corrected chi connectivity index (χ2v) is 4.90. The van der Waals surface area contributed by atoms with E-state index in [0.29, 0.717) is 17.7 Å². The second kappa shape index (κ2) is 5.05. The maximum absolute atomic E-state index is 12.1. The van der Waals surface area contributed by atoms with Gasteiger partial charge in [-0.05, 0) is 12.8 Å². The number of aliphatic imine (C=N–C) groups is 1. The molecule has 1 aromatic carbocycles. The van der Waals surface area contributed by atoms with Gasteiger partial charge in [0.25, 0.3) is 0 Å². The highest BCUT2D eigenvalue weighted by Gasteiger charge is 2.36. The third-order valence-corrected chi connectivity index (χ3v) is 3.61. The second-order valence-electron chi connectivity index (χ2n) is 4.90. The molecule has 1 heterocycles. The van der Waals surface area contributed by atoms with Gasteiger partial charge in [-0.25, -0.2) is 0 Å². The number of Topliss-reactive ketones (excluding diaryl/α,β-unsaturated/α-hetero) is 2. The molecule has 19 heavy (non-hydrogen) atoms. The van der Waals surface area contributed by atoms with Gasteiger partial charge in [0, 0.05) is 23.9 Å². The van der Waals surface area contributed by atoms with Crippen LogP contribution in [0.25, 0.3) is 0 Å². The summed E-state index contributed by atoms with van der Waals surface area (Å²) in [5.74, 6) is -1.02. The van der Waals surface area contributed by atoms with E-state index < -0.39 is 5.92 Å². The van der Waals surface area contributed by atoms with E-state index in [1.54, 1.807) is 24.3 Å². The molecule has 2 aliphatic rings. The van der Waals surface area contributed by atoms with Gasteiger partial charge in [0.15, 0.2) is 11.6 Å². The summed E-state index contributed by atoms with van der Waals surface area (Å²) in [5, 5.41) is 0. The monoisotopic (exact) mass is 257 g/mol. The Labute approximate surface area is 111 Å². The van der Waals surface area contributed by atoms with Crippen molar-refractivity contribution in [2.24, 2.45) is 10.9 Å². The molecule has 1 atom stereocenters. The molecule has 0 spiro atoms. The fraction of sp³-hybridized carbons (Fsp3) is 0.400. The van der Waals surface area contributed by atoms with Crippen LogP contribution < -0.4 is 0 Å². The third-order valence-electron chi connectivity index (χ3n) is 3.61. The van der Waals surface area contributed by atoms with Crippen molar-refractivity contribution in [3.05, 3.63) is 35.4 Å². The normalized spacial score (nSPS) is 23.5. The molecule has 1 unspecified atom stereocenters. The summed E-state index contributed by atoms with van der Waals surface area (Å²) in [6, 6.07) is 6.94. The summed E-state index contributed by atoms with van der Waals surface area (Å²) in [4.78, 5) is 28.4. The highest BCUT2D eigenvalue weighted by molar-refractivity contribution is 6.33. The van der Waals surface area contributed by atoms with Gasteiger partial charge >= 0.3 is 0 Å². The van der Waals surface area contributed by atoms with E-state index in [-0.39, 0.29) is 17.7 Å². The summed E-state index contributed by atoms with van der Waals surface area (Å²) < 4.78 is 5.45. The Hall–Kier alpha value is -1.81. The van der Waals surface area contributed by atoms with E-state index in [0.717, 1.165) is 19.4 Å². The number of benzene rings is 1. The molecule has 4 nitrogen and oxygen atoms in total. The first-order valence-electron chi connectivity index (χ1n) is 6.56. The fourth-order valence-electron chi connectivity index (χ4n) is 2.57. The number of ether oxygens (including phenoxy) is 1. The zero-order chi connectivity index (χ0) is 13.2. The van der Waals surface area contributed by atoms with Crippen molar-refractivity contribution in [1.82, 2.24) is 0 Å². The standard InChI is InChI=1S/C15H15NO3/c17-14-11-5-1-2-6-12(11)15(18)13(14)9-16-8-10-4-3-7-19-10/h1-2,5-6,9-10,13H,3-4,7-8H2. The van der Waals surface area contributed by atoms with Crippen LogP contribution >= 0.6 is 0 Å². The Morgan fingerprint density at radius 1 is 1.21 bits per heavy atom. The van der Waals surface area contributed by atoms with Crippen molar-refractivity contribution in [1.29, 1.82) is 0 Å². The predicted molar refractivity (Wildman–Crippen MR) is 70.9 cm³/mol. The summed E-state index contributed by atoms with van der Waals surface area (Å²) >= 11 is 0. The number of fused-ring (bicyclic) bond motifs is 1. The number of hydrogen-bond acceptors (Lipinski definition) is 4. The van der Waals surface area contributed by atoms with Crippen molar-refractivity contribution in [3.8, 4) is 0 Å². The van der Waals surface area contributed by atoms with Crippen LogP contribution in [0.15, 0.2) is 29.3 Å². The quantitative estimate of drug-likeness (QED) is 0.614. The van der Waals surface area contributed by atoms with Crippen LogP contribution in [0.1, 0.15) is 33.6 Å². The Morgan fingerprint density at radius 3 is 2.47 bits per heavy atom. The van der Waals surface area contributed by atoms with Crippen molar-refractivity contribution in [3.63, 3.8) is 0 Å². The van der Waals surface area contributed by atoms with Crippen LogP contribution in [0.5, 0.6) is 0 Å². The number of rotatable bonds is 3. The molecule has 0 amide bonds. The van der Waals surface area contributed by atoms with Crippen LogP contribution in [-0.2, 0) is 4.74 Å². The number of hydrogen-bond donors (Lipinski definition) is 0. The zero-order valence-corrected chi connectivity index (χ0v) is 10.5. The topological polar surface area (TPSA) is 55.7 Å². The Balaban J connectivity index is 1.71. The summed E-state index contributed by atoms with van der Waals surface area (Å²) in [6.45, 7) is 1.32. The molecule has 4 heteroatoms. The summed E-state index contributed by atoms with van der Waals surface area (Å²) in [7, 11) is 0. The zero-order valence-electron chi connectivity index (χ0n) is 10.5. The van der Waals surface area contributed by atoms with Crippen LogP contribution in [-0.4, -0.2) is 37.0 Å². The van der Waals surface area contributed by atoms with Gasteiger partial charge in [0.2, 0.25) is 0 Å². The minimum absolute atomic E-state index is 0.142. The van der Waals surface area contributed by atoms with E-state index in [9.17, 15) is 9.59 Å². The lowest BCUT2D eigenvalue weighted by Gasteiger charge is -2.05. The van der Waals surface area contributed by atoms with Gasteiger partial charge in [0.1, 0.15) is 5.92 Å². The maximum Gasteiger partial charge on any atom is 0.179 e. The molecule has 1 aliphatic carbocycles. The number of carbonyl (C=O) groups excluding carboxylic acids is 2. The maximum atomic E-state index is 12.1. The van der Waals surface area contributed by atoms with E-state index in [1.165, 1.54) is 6.21 Å². The van der Waals surface area contributed by atoms with E-state index in [4.69, 9.17) is 4.74 Å². The molecule has 3 rings (SSSR count). The van der Waals surface area contributed by atoms with Crippen LogP contribution in [0, 0.1) is 5.92 Å². The molecule has 1 aromatic rings. The first-order chi connectivity index (χ1) is 9.27. The molecule has 0 radical (unpaired) electrons. The molecule has 98 valence electrons. The van der Waals surface area contributed by atoms with Gasteiger partial charge in [-0.15, -0.1) is 0 Å². The highest BCUT2D eigenvalue weighted by Crippen LogP contribution is 2.25. The smallest absolute Gasteiger partial charge is 0.179 e. The molecule has 1 aliphatic heterocycles. The molecular weight excluding hydrogens is 242 g/mol. The van der Waals surface area contributed by atoms with Crippen molar-refractivity contribution in [2.75, 3.05) is 13.2 Å². The minimum Gasteiger partial charge on any atom is -0.376 e. The summed E-state index contributed by atoms with van der Waals surface area (Å²) in [6.07, 6.45) is 3.70. The van der Waals surface area contributed by atoms with Gasteiger partial charge in [-0.3, -0.25) is 14.6 Å².